The van der Waals surface area contributed by atoms with Crippen LogP contribution in [-0.2, 0) is 4.74 Å². The van der Waals surface area contributed by atoms with Crippen molar-refractivity contribution in [2.45, 2.75) is 13.8 Å². The summed E-state index contributed by atoms with van der Waals surface area (Å²) < 4.78 is 5.63. The summed E-state index contributed by atoms with van der Waals surface area (Å²) >= 11 is 0. The second-order valence-electron chi connectivity index (χ2n) is 4.56. The number of rotatable bonds is 4. The van der Waals surface area contributed by atoms with Gasteiger partial charge in [-0.1, -0.05) is 12.1 Å². The van der Waals surface area contributed by atoms with Crippen LogP contribution in [-0.4, -0.2) is 33.2 Å². The average molecular weight is 318 g/mol. The Bertz CT molecular complexity index is 796. The fraction of sp³-hybridized carbons (Fsp3) is 0.214. The molecule has 1 aromatic heterocycles. The molecule has 0 atom stereocenters. The number of carbonyl (C=O) groups is 2. The summed E-state index contributed by atoms with van der Waals surface area (Å²) in [4.78, 5) is 34.7. The predicted molar refractivity (Wildman–Crippen MR) is 80.2 cm³/mol. The monoisotopic (exact) mass is 318 g/mol. The van der Waals surface area contributed by atoms with Gasteiger partial charge in [0.25, 0.3) is 11.6 Å². The van der Waals surface area contributed by atoms with Gasteiger partial charge in [-0.3, -0.25) is 14.9 Å². The highest BCUT2D eigenvalue weighted by Gasteiger charge is 2.27. The van der Waals surface area contributed by atoms with Gasteiger partial charge in [-0.25, -0.2) is 4.79 Å². The minimum atomic E-state index is -0.798. The summed E-state index contributed by atoms with van der Waals surface area (Å²) in [5.74, 6) is -1.72. The third-order valence-electron chi connectivity index (χ3n) is 3.10. The van der Waals surface area contributed by atoms with E-state index in [9.17, 15) is 19.7 Å². The Balaban J connectivity index is 2.52. The molecule has 120 valence electrons. The number of anilines is 1. The number of nitro benzene ring substituents is 1. The number of para-hydroxylation sites is 1. The van der Waals surface area contributed by atoms with Crippen molar-refractivity contribution in [2.24, 2.45) is 0 Å². The minimum absolute atomic E-state index is 0.0289. The minimum Gasteiger partial charge on any atom is -0.462 e. The Hall–Kier alpha value is -3.23. The molecule has 0 saturated carbocycles. The molecule has 0 radical (unpaired) electrons. The highest BCUT2D eigenvalue weighted by molar-refractivity contribution is 6.04. The number of benzene rings is 1. The molecule has 0 aliphatic heterocycles. The smallest absolute Gasteiger partial charge is 0.343 e. The number of hydrogen-bond donors (Lipinski definition) is 1. The maximum absolute atomic E-state index is 12.5. The Kier molecular flexibility index (Phi) is 4.39. The van der Waals surface area contributed by atoms with Crippen LogP contribution in [0.4, 0.5) is 11.5 Å². The van der Waals surface area contributed by atoms with Gasteiger partial charge in [-0.15, -0.1) is 0 Å². The van der Waals surface area contributed by atoms with Crippen LogP contribution in [0.5, 0.6) is 0 Å². The van der Waals surface area contributed by atoms with Crippen molar-refractivity contribution in [3.8, 4) is 0 Å². The van der Waals surface area contributed by atoms with Crippen molar-refractivity contribution < 1.29 is 19.2 Å². The van der Waals surface area contributed by atoms with E-state index in [2.05, 4.69) is 5.10 Å². The number of nitro groups is 1. The van der Waals surface area contributed by atoms with Gasteiger partial charge in [0.05, 0.1) is 17.2 Å². The molecule has 0 unspecified atom stereocenters. The molecule has 0 aliphatic rings. The van der Waals surface area contributed by atoms with E-state index >= 15 is 0 Å². The van der Waals surface area contributed by atoms with Crippen molar-refractivity contribution >= 4 is 23.4 Å². The van der Waals surface area contributed by atoms with E-state index in [1.54, 1.807) is 6.92 Å². The van der Waals surface area contributed by atoms with Crippen LogP contribution in [0.15, 0.2) is 24.3 Å². The lowest BCUT2D eigenvalue weighted by atomic mass is 10.1. The molecule has 0 aliphatic carbocycles. The molecule has 1 aromatic carbocycles. The SMILES string of the molecule is CCOC(=O)c1c(C)nn(C(=O)c2ccccc2[N+](=O)[O-])c1N. The standard InChI is InChI=1S/C14H14N4O5/c1-3-23-14(20)11-8(2)16-17(12(11)15)13(19)9-6-4-5-7-10(9)18(21)22/h4-7H,3,15H2,1-2H3. The van der Waals surface area contributed by atoms with Crippen LogP contribution < -0.4 is 5.73 Å². The molecule has 0 spiro atoms. The van der Waals surface area contributed by atoms with Crippen LogP contribution in [0.3, 0.4) is 0 Å². The zero-order valence-corrected chi connectivity index (χ0v) is 12.5. The molecular weight excluding hydrogens is 304 g/mol. The van der Waals surface area contributed by atoms with E-state index in [0.29, 0.717) is 0 Å². The molecule has 0 saturated heterocycles. The maximum atomic E-state index is 12.5. The molecule has 2 N–H and O–H groups in total. The molecule has 1 heterocycles. The third-order valence-corrected chi connectivity index (χ3v) is 3.10. The van der Waals surface area contributed by atoms with Gasteiger partial charge in [0, 0.05) is 6.07 Å². The first-order valence-corrected chi connectivity index (χ1v) is 6.68. The number of ether oxygens (including phenoxy) is 1. The highest BCUT2D eigenvalue weighted by Crippen LogP contribution is 2.23. The van der Waals surface area contributed by atoms with Crippen molar-refractivity contribution in [3.63, 3.8) is 0 Å². The summed E-state index contributed by atoms with van der Waals surface area (Å²) in [7, 11) is 0. The number of aromatic nitrogens is 2. The molecule has 2 rings (SSSR count). The zero-order valence-electron chi connectivity index (χ0n) is 12.5. The highest BCUT2D eigenvalue weighted by atomic mass is 16.6. The van der Waals surface area contributed by atoms with Gasteiger partial charge < -0.3 is 10.5 Å². The molecule has 23 heavy (non-hydrogen) atoms. The molecular formula is C14H14N4O5. The number of carbonyl (C=O) groups excluding carboxylic acids is 2. The first-order valence-electron chi connectivity index (χ1n) is 6.68. The lowest BCUT2D eigenvalue weighted by Gasteiger charge is -2.05. The quantitative estimate of drug-likeness (QED) is 0.514. The Morgan fingerprint density at radius 2 is 2.04 bits per heavy atom. The van der Waals surface area contributed by atoms with E-state index in [4.69, 9.17) is 10.5 Å². The number of nitrogen functional groups attached to an aromatic ring is 1. The van der Waals surface area contributed by atoms with Gasteiger partial charge in [-0.2, -0.15) is 9.78 Å². The lowest BCUT2D eigenvalue weighted by molar-refractivity contribution is -0.385. The van der Waals surface area contributed by atoms with Crippen LogP contribution in [0.2, 0.25) is 0 Å². The van der Waals surface area contributed by atoms with Crippen LogP contribution in [0.1, 0.15) is 33.3 Å². The van der Waals surface area contributed by atoms with E-state index in [1.807, 2.05) is 0 Å². The van der Waals surface area contributed by atoms with Gasteiger partial charge in [-0.05, 0) is 19.9 Å². The fourth-order valence-electron chi connectivity index (χ4n) is 2.08. The zero-order chi connectivity index (χ0) is 17.1. The topological polar surface area (TPSA) is 130 Å². The second kappa shape index (κ2) is 6.26. The van der Waals surface area contributed by atoms with Crippen molar-refractivity contribution in [1.29, 1.82) is 0 Å². The van der Waals surface area contributed by atoms with Crippen LogP contribution in [0, 0.1) is 17.0 Å². The first kappa shape index (κ1) is 16.1. The van der Waals surface area contributed by atoms with Gasteiger partial charge in [0.15, 0.2) is 0 Å². The Labute approximate surface area is 130 Å². The number of nitrogens with two attached hydrogens (primary N) is 1. The third kappa shape index (κ3) is 2.89. The van der Waals surface area contributed by atoms with Crippen molar-refractivity contribution in [1.82, 2.24) is 9.78 Å². The van der Waals surface area contributed by atoms with Gasteiger partial charge in [0.2, 0.25) is 0 Å². The number of hydrogen-bond acceptors (Lipinski definition) is 7. The second-order valence-corrected chi connectivity index (χ2v) is 4.56. The molecule has 9 heteroatoms. The summed E-state index contributed by atoms with van der Waals surface area (Å²) in [5, 5.41) is 14.9. The largest absolute Gasteiger partial charge is 0.462 e. The molecule has 0 amide bonds. The van der Waals surface area contributed by atoms with Gasteiger partial charge >= 0.3 is 5.97 Å². The lowest BCUT2D eigenvalue weighted by Crippen LogP contribution is -2.18. The van der Waals surface area contributed by atoms with Crippen LogP contribution in [0.25, 0.3) is 0 Å². The summed E-state index contributed by atoms with van der Waals surface area (Å²) in [6, 6.07) is 5.42. The number of aryl methyl sites for hydroxylation is 1. The summed E-state index contributed by atoms with van der Waals surface area (Å²) in [5.41, 5.74) is 5.43. The van der Waals surface area contributed by atoms with Gasteiger partial charge in [0.1, 0.15) is 16.9 Å². The molecule has 0 fully saturated rings. The summed E-state index contributed by atoms with van der Waals surface area (Å²) in [6.45, 7) is 3.26. The molecule has 0 bridgehead atoms. The van der Waals surface area contributed by atoms with Crippen molar-refractivity contribution in [3.05, 3.63) is 51.2 Å². The van der Waals surface area contributed by atoms with E-state index in [1.165, 1.54) is 31.2 Å². The molecule has 2 aromatic rings. The van der Waals surface area contributed by atoms with E-state index < -0.39 is 16.8 Å². The summed E-state index contributed by atoms with van der Waals surface area (Å²) in [6.07, 6.45) is 0. The van der Waals surface area contributed by atoms with E-state index in [0.717, 1.165) is 4.68 Å². The first-order chi connectivity index (χ1) is 10.9. The molecule has 9 nitrogen and oxygen atoms in total. The number of nitrogens with zero attached hydrogens (tertiary/aromatic N) is 3. The number of esters is 1. The average Bonchev–Trinajstić information content (AvgIpc) is 2.81. The maximum Gasteiger partial charge on any atom is 0.343 e. The predicted octanol–water partition coefficient (Wildman–Crippen LogP) is 1.55. The van der Waals surface area contributed by atoms with E-state index in [-0.39, 0.29) is 34.9 Å². The fourth-order valence-corrected chi connectivity index (χ4v) is 2.08. The Morgan fingerprint density at radius 3 is 2.65 bits per heavy atom. The van der Waals surface area contributed by atoms with Crippen LogP contribution >= 0.6 is 0 Å². The Morgan fingerprint density at radius 1 is 1.39 bits per heavy atom. The normalized spacial score (nSPS) is 10.3. The van der Waals surface area contributed by atoms with Crippen molar-refractivity contribution in [2.75, 3.05) is 12.3 Å².